The minimum Gasteiger partial charge on any atom is -0.550 e. The van der Waals surface area contributed by atoms with Crippen LogP contribution in [0.25, 0.3) is 11.2 Å². The lowest BCUT2D eigenvalue weighted by Gasteiger charge is -1.87. The first kappa shape index (κ1) is 7.27. The highest BCUT2D eigenvalue weighted by Crippen LogP contribution is 2.14. The van der Waals surface area contributed by atoms with E-state index in [0.717, 1.165) is 0 Å². The quantitative estimate of drug-likeness (QED) is 0.227. The van der Waals surface area contributed by atoms with E-state index in [-0.39, 0.29) is 16.1 Å². The highest BCUT2D eigenvalue weighted by atomic mass is 16.6. The van der Waals surface area contributed by atoms with Crippen LogP contribution >= 0.6 is 0 Å². The Kier molecular flexibility index (Phi) is 1.28. The van der Waals surface area contributed by atoms with Crippen molar-refractivity contribution >= 4 is 17.0 Å². The third-order valence-corrected chi connectivity index (χ3v) is 1.22. The summed E-state index contributed by atoms with van der Waals surface area (Å²) in [6.07, 6.45) is 0. The van der Waals surface area contributed by atoms with Gasteiger partial charge in [0.05, 0.1) is 5.10 Å². The van der Waals surface area contributed by atoms with Crippen LogP contribution < -0.4 is 4.96 Å². The molecule has 2 aromatic heterocycles. The van der Waals surface area contributed by atoms with Crippen LogP contribution in [0.3, 0.4) is 0 Å². The van der Waals surface area contributed by atoms with Crippen molar-refractivity contribution in [3.05, 3.63) is 15.3 Å². The smallest absolute Gasteiger partial charge is 0.474 e. The van der Waals surface area contributed by atoms with Gasteiger partial charge in [0.15, 0.2) is 4.96 Å². The maximum atomic E-state index is 10.6. The highest BCUT2D eigenvalue weighted by molar-refractivity contribution is 5.75. The average Bonchev–Trinajstić information content (AvgIpc) is 2.49. The number of fused-ring (bicyclic) bond motifs is 1. The Bertz CT molecular complexity index is 478. The zero-order valence-corrected chi connectivity index (χ0v) is 5.82. The fourth-order valence-electron chi connectivity index (χ4n) is 0.745. The maximum absolute atomic E-state index is 10.6. The van der Waals surface area contributed by atoms with Crippen molar-refractivity contribution in [1.82, 2.24) is 20.5 Å². The minimum absolute atomic E-state index is 0.218. The number of hydrogen-bond donors (Lipinski definition) is 0. The number of rotatable bonds is 1. The van der Waals surface area contributed by atoms with Gasteiger partial charge < -0.3 is 15.3 Å². The number of nitro groups is 1. The molecule has 0 N–H and O–H groups in total. The van der Waals surface area contributed by atoms with Crippen LogP contribution in [0.15, 0.2) is 4.63 Å². The molecule has 0 atom stereocenters. The van der Waals surface area contributed by atoms with E-state index in [1.54, 1.807) is 0 Å². The third kappa shape index (κ3) is 0.998. The Morgan fingerprint density at radius 1 is 1.38 bits per heavy atom. The molecular formula is C3N6O4. The molecule has 0 unspecified atom stereocenters. The molecule has 0 amide bonds. The Morgan fingerprint density at radius 2 is 2.15 bits per heavy atom. The van der Waals surface area contributed by atoms with E-state index in [9.17, 15) is 15.3 Å². The van der Waals surface area contributed by atoms with Gasteiger partial charge in [-0.25, -0.2) is 4.63 Å². The molecule has 0 bridgehead atoms. The lowest BCUT2D eigenvalue weighted by atomic mass is 10.5. The lowest BCUT2D eigenvalue weighted by molar-refractivity contribution is -0.729. The fourth-order valence-corrected chi connectivity index (χ4v) is 0.745. The van der Waals surface area contributed by atoms with E-state index >= 15 is 0 Å². The Balaban J connectivity index is 2.84. The summed E-state index contributed by atoms with van der Waals surface area (Å²) in [5.74, 6) is -0.735. The van der Waals surface area contributed by atoms with E-state index in [1.165, 1.54) is 0 Å². The first-order valence-electron chi connectivity index (χ1n) is 2.93. The monoisotopic (exact) mass is 184 g/mol. The summed E-state index contributed by atoms with van der Waals surface area (Å²) in [6.45, 7) is 0. The van der Waals surface area contributed by atoms with Crippen molar-refractivity contribution < 1.29 is 14.5 Å². The topological polar surface area (TPSA) is 135 Å². The van der Waals surface area contributed by atoms with E-state index in [1.807, 2.05) is 0 Å². The van der Waals surface area contributed by atoms with Crippen molar-refractivity contribution in [3.8, 4) is 0 Å². The summed E-state index contributed by atoms with van der Waals surface area (Å²) in [7, 11) is 0. The predicted molar refractivity (Wildman–Crippen MR) is 33.0 cm³/mol. The second-order valence-electron chi connectivity index (χ2n) is 1.97. The van der Waals surface area contributed by atoms with Gasteiger partial charge in [0.1, 0.15) is 0 Å². The zero-order chi connectivity index (χ0) is 9.42. The molecule has 10 nitrogen and oxygen atoms in total. The van der Waals surface area contributed by atoms with Crippen molar-refractivity contribution in [2.45, 2.75) is 0 Å². The van der Waals surface area contributed by atoms with Crippen LogP contribution in [0.4, 0.5) is 5.82 Å². The molecule has 13 heavy (non-hydrogen) atoms. The number of nitrogens with zero attached hydrogens (tertiary/aromatic N) is 6. The van der Waals surface area contributed by atoms with Gasteiger partial charge in [0.2, 0.25) is 0 Å². The third-order valence-electron chi connectivity index (χ3n) is 1.22. The molecule has 0 radical (unpaired) electrons. The summed E-state index contributed by atoms with van der Waals surface area (Å²) < 4.78 is 4.15. The molecule has 0 saturated carbocycles. The van der Waals surface area contributed by atoms with Crippen molar-refractivity contribution in [3.63, 3.8) is 0 Å². The summed E-state index contributed by atoms with van der Waals surface area (Å²) in [4.78, 5) is 9.23. The second kappa shape index (κ2) is 2.30. The van der Waals surface area contributed by atoms with Gasteiger partial charge in [-0.3, -0.25) is 0 Å². The highest BCUT2D eigenvalue weighted by Gasteiger charge is 2.26. The standard InChI is InChI=1S/C3N6O4/c10-8(11)3-1-2(7-13-6-1)4-9(12)5-3. The molecule has 2 heterocycles. The van der Waals surface area contributed by atoms with Crippen molar-refractivity contribution in [2.24, 2.45) is 0 Å². The van der Waals surface area contributed by atoms with Crippen LogP contribution in [-0.2, 0) is 0 Å². The van der Waals surface area contributed by atoms with Gasteiger partial charge in [-0.15, -0.1) is 0 Å². The molecule has 10 heteroatoms. The summed E-state index contributed by atoms with van der Waals surface area (Å²) >= 11 is 0. The second-order valence-corrected chi connectivity index (χ2v) is 1.97. The molecule has 0 aliphatic carbocycles. The van der Waals surface area contributed by atoms with Crippen LogP contribution in [0.2, 0.25) is 0 Å². The van der Waals surface area contributed by atoms with Gasteiger partial charge in [-0.05, 0) is 15.2 Å². The SMILES string of the molecule is O=[N+]([O-])c1n[n+]([O-])nc2nonc12. The summed E-state index contributed by atoms with van der Waals surface area (Å²) in [5, 5.41) is 33.4. The summed E-state index contributed by atoms with van der Waals surface area (Å²) in [5.41, 5.74) is -0.506. The molecule has 2 rings (SSSR count). The van der Waals surface area contributed by atoms with Crippen LogP contribution in [0.1, 0.15) is 0 Å². The Labute approximate surface area is 68.5 Å². The number of hydrogen-bond acceptors (Lipinski definition) is 8. The Hall–Kier alpha value is -2.39. The molecule has 0 aliphatic heterocycles. The van der Waals surface area contributed by atoms with Gasteiger partial charge in [-0.2, -0.15) is 0 Å². The predicted octanol–water partition coefficient (Wildman–Crippen LogP) is -1.45. The van der Waals surface area contributed by atoms with Crippen LogP contribution in [0, 0.1) is 15.3 Å². The van der Waals surface area contributed by atoms with E-state index in [2.05, 4.69) is 25.1 Å². The van der Waals surface area contributed by atoms with Crippen molar-refractivity contribution in [2.75, 3.05) is 0 Å². The van der Waals surface area contributed by atoms with E-state index in [0.29, 0.717) is 0 Å². The van der Waals surface area contributed by atoms with Crippen molar-refractivity contribution in [1.29, 1.82) is 0 Å². The normalized spacial score (nSPS) is 10.5. The molecule has 0 aliphatic rings. The first-order chi connectivity index (χ1) is 6.18. The van der Waals surface area contributed by atoms with Gasteiger partial charge >= 0.3 is 11.5 Å². The largest absolute Gasteiger partial charge is 0.550 e. The molecular weight excluding hydrogens is 184 g/mol. The fraction of sp³-hybridized carbons (Fsp3) is 0. The van der Waals surface area contributed by atoms with E-state index in [4.69, 9.17) is 0 Å². The molecule has 0 saturated heterocycles. The molecule has 0 spiro atoms. The maximum Gasteiger partial charge on any atom is 0.474 e. The van der Waals surface area contributed by atoms with Gasteiger partial charge in [0.25, 0.3) is 10.6 Å². The van der Waals surface area contributed by atoms with Gasteiger partial charge in [-0.1, -0.05) is 0 Å². The molecule has 66 valence electrons. The minimum atomic E-state index is -0.872. The first-order valence-corrected chi connectivity index (χ1v) is 2.93. The molecule has 2 aromatic rings. The molecule has 0 aromatic carbocycles. The zero-order valence-electron chi connectivity index (χ0n) is 5.82. The van der Waals surface area contributed by atoms with Crippen LogP contribution in [0.5, 0.6) is 0 Å². The Morgan fingerprint density at radius 3 is 2.85 bits per heavy atom. The molecule has 0 fully saturated rings. The average molecular weight is 184 g/mol. The lowest BCUT2D eigenvalue weighted by Crippen LogP contribution is -2.36. The summed E-state index contributed by atoms with van der Waals surface area (Å²) in [6, 6.07) is 0. The number of aromatic nitrogens is 5. The van der Waals surface area contributed by atoms with Crippen LogP contribution in [-0.4, -0.2) is 25.4 Å². The van der Waals surface area contributed by atoms with E-state index < -0.39 is 10.7 Å². The van der Waals surface area contributed by atoms with Gasteiger partial charge in [0, 0.05) is 0 Å².